The van der Waals surface area contributed by atoms with Crippen LogP contribution in [0, 0.1) is 0 Å². The number of hydrogen-bond acceptors (Lipinski definition) is 6. The van der Waals surface area contributed by atoms with Gasteiger partial charge in [-0.1, -0.05) is 0 Å². The van der Waals surface area contributed by atoms with Crippen molar-refractivity contribution in [3.63, 3.8) is 0 Å². The number of piperidine rings is 1. The third kappa shape index (κ3) is 3.75. The molecule has 0 radical (unpaired) electrons. The number of carbonyl (C=O) groups excluding carboxylic acids is 1. The molecule has 0 bridgehead atoms. The zero-order chi connectivity index (χ0) is 20.7. The highest BCUT2D eigenvalue weighted by atomic mass is 19.3. The highest BCUT2D eigenvalue weighted by Crippen LogP contribution is 2.26. The quantitative estimate of drug-likeness (QED) is 0.678. The van der Waals surface area contributed by atoms with E-state index < -0.39 is 24.2 Å². The van der Waals surface area contributed by atoms with Crippen LogP contribution in [0.5, 0.6) is 0 Å². The molecule has 0 aromatic carbocycles. The predicted molar refractivity (Wildman–Crippen MR) is 98.8 cm³/mol. The molecule has 3 aromatic rings. The third-order valence-electron chi connectivity index (χ3n) is 4.67. The van der Waals surface area contributed by atoms with Crippen LogP contribution in [-0.2, 0) is 7.05 Å². The van der Waals surface area contributed by atoms with Gasteiger partial charge in [-0.15, -0.1) is 0 Å². The first-order chi connectivity index (χ1) is 13.8. The van der Waals surface area contributed by atoms with Crippen molar-refractivity contribution in [2.75, 3.05) is 23.3 Å². The topological polar surface area (TPSA) is 106 Å². The van der Waals surface area contributed by atoms with Crippen LogP contribution in [0.15, 0.2) is 24.7 Å². The number of aromatic nitrogens is 5. The Bertz CT molecular complexity index is 1040. The Labute approximate surface area is 163 Å². The number of nitrogens with one attached hydrogen (secondary N) is 1. The summed E-state index contributed by atoms with van der Waals surface area (Å²) in [4.78, 5) is 18.8. The molecule has 0 spiro atoms. The molecule has 0 saturated carbocycles. The minimum Gasteiger partial charge on any atom is -0.352 e. The van der Waals surface area contributed by atoms with Crippen molar-refractivity contribution in [2.24, 2.45) is 12.8 Å². The number of amides is 1. The third-order valence-corrected chi connectivity index (χ3v) is 4.67. The van der Waals surface area contributed by atoms with Gasteiger partial charge in [0.15, 0.2) is 11.3 Å². The molecule has 1 aliphatic heterocycles. The van der Waals surface area contributed by atoms with Crippen molar-refractivity contribution in [3.05, 3.63) is 35.9 Å². The fourth-order valence-electron chi connectivity index (χ4n) is 3.41. The number of nitrogens with two attached hydrogens (primary N) is 1. The van der Waals surface area contributed by atoms with Crippen LogP contribution in [0.3, 0.4) is 0 Å². The van der Waals surface area contributed by atoms with E-state index in [1.54, 1.807) is 17.2 Å². The fourth-order valence-corrected chi connectivity index (χ4v) is 3.41. The van der Waals surface area contributed by atoms with Gasteiger partial charge in [-0.2, -0.15) is 10.2 Å². The molecule has 12 heteroatoms. The fraction of sp³-hybridized carbons (Fsp3) is 0.412. The molecule has 2 atom stereocenters. The van der Waals surface area contributed by atoms with Gasteiger partial charge in [0.2, 0.25) is 0 Å². The molecular weight excluding hydrogens is 389 g/mol. The van der Waals surface area contributed by atoms with Crippen molar-refractivity contribution >= 4 is 23.1 Å². The summed E-state index contributed by atoms with van der Waals surface area (Å²) in [5.74, 6) is -0.197. The van der Waals surface area contributed by atoms with Gasteiger partial charge in [0.05, 0.1) is 18.4 Å². The highest BCUT2D eigenvalue weighted by Gasteiger charge is 2.27. The maximum atomic E-state index is 13.9. The van der Waals surface area contributed by atoms with Gasteiger partial charge < -0.3 is 16.0 Å². The second kappa shape index (κ2) is 7.35. The molecule has 0 aliphatic carbocycles. The summed E-state index contributed by atoms with van der Waals surface area (Å²) in [5.41, 5.74) is 5.58. The number of rotatable bonds is 4. The summed E-state index contributed by atoms with van der Waals surface area (Å²) in [7, 11) is 1.48. The van der Waals surface area contributed by atoms with Gasteiger partial charge >= 0.3 is 0 Å². The number of hydrogen-bond donors (Lipinski definition) is 2. The molecule has 1 fully saturated rings. The van der Waals surface area contributed by atoms with Crippen LogP contribution in [-0.4, -0.2) is 55.6 Å². The van der Waals surface area contributed by atoms with E-state index in [9.17, 15) is 18.0 Å². The molecule has 1 amide bonds. The van der Waals surface area contributed by atoms with Crippen molar-refractivity contribution < 1.29 is 18.0 Å². The van der Waals surface area contributed by atoms with Gasteiger partial charge in [-0.05, 0) is 12.5 Å². The summed E-state index contributed by atoms with van der Waals surface area (Å²) < 4.78 is 42.7. The molecule has 154 valence electrons. The first kappa shape index (κ1) is 19.2. The lowest BCUT2D eigenvalue weighted by atomic mass is 10.1. The van der Waals surface area contributed by atoms with Crippen LogP contribution in [0.2, 0.25) is 0 Å². The Morgan fingerprint density at radius 2 is 2.17 bits per heavy atom. The van der Waals surface area contributed by atoms with Crippen molar-refractivity contribution in [2.45, 2.75) is 25.1 Å². The monoisotopic (exact) mass is 408 g/mol. The molecule has 9 nitrogen and oxygen atoms in total. The molecule has 3 aromatic heterocycles. The van der Waals surface area contributed by atoms with Gasteiger partial charge in [-0.3, -0.25) is 9.48 Å². The number of alkyl halides is 3. The SMILES string of the molecule is Cn1cc(NC(=O)c2cnn3ccc(N4C[C@H](N)C[C@H](F)C4)nc23)c(C(F)F)n1. The number of halogens is 3. The van der Waals surface area contributed by atoms with E-state index in [0.717, 1.165) is 0 Å². The van der Waals surface area contributed by atoms with E-state index in [4.69, 9.17) is 5.73 Å². The summed E-state index contributed by atoms with van der Waals surface area (Å²) >= 11 is 0. The van der Waals surface area contributed by atoms with E-state index in [2.05, 4.69) is 20.5 Å². The van der Waals surface area contributed by atoms with E-state index in [1.165, 1.54) is 28.6 Å². The molecule has 0 unspecified atom stereocenters. The largest absolute Gasteiger partial charge is 0.352 e. The predicted octanol–water partition coefficient (Wildman–Crippen LogP) is 1.53. The minimum absolute atomic E-state index is 0.0917. The van der Waals surface area contributed by atoms with Crippen molar-refractivity contribution in [1.82, 2.24) is 24.4 Å². The lowest BCUT2D eigenvalue weighted by Gasteiger charge is -2.33. The van der Waals surface area contributed by atoms with Gasteiger partial charge in [-0.25, -0.2) is 22.7 Å². The Kier molecular flexibility index (Phi) is 4.86. The summed E-state index contributed by atoms with van der Waals surface area (Å²) in [5, 5.41) is 10.2. The van der Waals surface area contributed by atoms with Crippen molar-refractivity contribution in [1.29, 1.82) is 0 Å². The molecule has 1 saturated heterocycles. The lowest BCUT2D eigenvalue weighted by Crippen LogP contribution is -2.48. The van der Waals surface area contributed by atoms with Crippen LogP contribution in [0.1, 0.15) is 28.9 Å². The molecule has 4 heterocycles. The average Bonchev–Trinajstić information content (AvgIpc) is 3.23. The van der Waals surface area contributed by atoms with Crippen LogP contribution >= 0.6 is 0 Å². The maximum absolute atomic E-state index is 13.9. The maximum Gasteiger partial charge on any atom is 0.284 e. The van der Waals surface area contributed by atoms with E-state index in [0.29, 0.717) is 12.4 Å². The average molecular weight is 408 g/mol. The second-order valence-corrected chi connectivity index (χ2v) is 6.97. The van der Waals surface area contributed by atoms with E-state index in [1.807, 2.05) is 0 Å². The Morgan fingerprint density at radius 3 is 2.90 bits per heavy atom. The van der Waals surface area contributed by atoms with Gasteiger partial charge in [0, 0.05) is 32.0 Å². The minimum atomic E-state index is -2.84. The first-order valence-corrected chi connectivity index (χ1v) is 8.94. The van der Waals surface area contributed by atoms with Crippen LogP contribution < -0.4 is 16.0 Å². The zero-order valence-electron chi connectivity index (χ0n) is 15.5. The van der Waals surface area contributed by atoms with Gasteiger partial charge in [0.25, 0.3) is 12.3 Å². The van der Waals surface area contributed by atoms with Crippen LogP contribution in [0.4, 0.5) is 24.7 Å². The number of carbonyl (C=O) groups is 1. The first-order valence-electron chi connectivity index (χ1n) is 8.94. The summed E-state index contributed by atoms with van der Waals surface area (Å²) in [6, 6.07) is 1.34. The molecule has 1 aliphatic rings. The number of anilines is 2. The highest BCUT2D eigenvalue weighted by molar-refractivity contribution is 6.08. The zero-order valence-corrected chi connectivity index (χ0v) is 15.5. The lowest BCUT2D eigenvalue weighted by molar-refractivity contribution is 0.102. The standard InChI is InChI=1S/C17H19F3N8O/c1-26-8-12(14(25-26)15(19)20)23-17(29)11-5-22-28-3-2-13(24-16(11)28)27-6-9(18)4-10(21)7-27/h2-3,5,8-10,15H,4,6-7,21H2,1H3,(H,23,29)/t9-,10+/m0/s1. The van der Waals surface area contributed by atoms with Crippen LogP contribution in [0.25, 0.3) is 5.65 Å². The number of aryl methyl sites for hydroxylation is 1. The smallest absolute Gasteiger partial charge is 0.284 e. The molecular formula is C17H19F3N8O. The second-order valence-electron chi connectivity index (χ2n) is 6.97. The Balaban J connectivity index is 1.63. The van der Waals surface area contributed by atoms with E-state index in [-0.39, 0.29) is 35.9 Å². The summed E-state index contributed by atoms with van der Waals surface area (Å²) in [6.07, 6.45) is 0.563. The Hall–Kier alpha value is -3.15. The molecule has 29 heavy (non-hydrogen) atoms. The Morgan fingerprint density at radius 1 is 1.38 bits per heavy atom. The summed E-state index contributed by atoms with van der Waals surface area (Å²) in [6.45, 7) is 0.590. The van der Waals surface area contributed by atoms with Crippen molar-refractivity contribution in [3.8, 4) is 0 Å². The van der Waals surface area contributed by atoms with Gasteiger partial charge in [0.1, 0.15) is 17.6 Å². The normalized spacial score (nSPS) is 19.9. The number of nitrogens with zero attached hydrogens (tertiary/aromatic N) is 6. The molecule has 3 N–H and O–H groups in total. The molecule has 4 rings (SSSR count). The van der Waals surface area contributed by atoms with E-state index >= 15 is 0 Å². The number of fused-ring (bicyclic) bond motifs is 1.